The summed E-state index contributed by atoms with van der Waals surface area (Å²) in [5, 5.41) is 11.5. The Bertz CT molecular complexity index is 1050. The molecule has 1 fully saturated rings. The molecule has 0 spiro atoms. The largest absolute Gasteiger partial charge is 0.345 e. The molecule has 1 aromatic carbocycles. The van der Waals surface area contributed by atoms with Gasteiger partial charge in [-0.25, -0.2) is 12.8 Å². The molecule has 1 N–H and O–H groups in total. The molecule has 0 unspecified atom stereocenters. The van der Waals surface area contributed by atoms with Gasteiger partial charge in [0, 0.05) is 25.4 Å². The van der Waals surface area contributed by atoms with Gasteiger partial charge in [0.05, 0.1) is 16.7 Å². The zero-order chi connectivity index (χ0) is 19.8. The van der Waals surface area contributed by atoms with E-state index in [1.807, 2.05) is 0 Å². The average molecular weight is 389 g/mol. The van der Waals surface area contributed by atoms with Crippen LogP contribution in [0.15, 0.2) is 35.4 Å². The summed E-state index contributed by atoms with van der Waals surface area (Å²) in [5.74, 6) is -0.940. The maximum atomic E-state index is 13.3. The van der Waals surface area contributed by atoms with Crippen molar-refractivity contribution in [3.05, 3.63) is 47.5 Å². The van der Waals surface area contributed by atoms with E-state index in [2.05, 4.69) is 11.4 Å². The minimum Gasteiger partial charge on any atom is -0.345 e. The number of nitrogens with zero attached hydrogens (tertiary/aromatic N) is 2. The molecule has 1 aliphatic carbocycles. The summed E-state index contributed by atoms with van der Waals surface area (Å²) >= 11 is 0. The zero-order valence-electron chi connectivity index (χ0n) is 15.1. The Kier molecular flexibility index (Phi) is 4.82. The van der Waals surface area contributed by atoms with Crippen LogP contribution < -0.4 is 5.32 Å². The van der Waals surface area contributed by atoms with Gasteiger partial charge in [0.25, 0.3) is 5.91 Å². The highest BCUT2D eigenvalue weighted by Crippen LogP contribution is 2.50. The number of amides is 1. The fourth-order valence-corrected chi connectivity index (χ4v) is 5.02. The van der Waals surface area contributed by atoms with E-state index in [4.69, 9.17) is 5.26 Å². The van der Waals surface area contributed by atoms with Crippen molar-refractivity contribution in [2.45, 2.75) is 31.1 Å². The minimum atomic E-state index is -3.60. The summed E-state index contributed by atoms with van der Waals surface area (Å²) in [5.41, 5.74) is 0.559. The van der Waals surface area contributed by atoms with Gasteiger partial charge in [-0.3, -0.25) is 4.79 Å². The molecule has 2 aromatic rings. The number of anilines is 1. The van der Waals surface area contributed by atoms with E-state index < -0.39 is 21.2 Å². The highest BCUT2D eigenvalue weighted by atomic mass is 32.2. The lowest BCUT2D eigenvalue weighted by molar-refractivity contribution is 0.101. The maximum Gasteiger partial charge on any atom is 0.272 e. The van der Waals surface area contributed by atoms with Gasteiger partial charge >= 0.3 is 0 Å². The Hall–Kier alpha value is -2.66. The zero-order valence-corrected chi connectivity index (χ0v) is 15.9. The average Bonchev–Trinajstić information content (AvgIpc) is 3.19. The Morgan fingerprint density at radius 2 is 2.07 bits per heavy atom. The number of hydrogen-bond donors (Lipinski definition) is 1. The second-order valence-electron chi connectivity index (χ2n) is 7.18. The first-order valence-electron chi connectivity index (χ1n) is 8.49. The van der Waals surface area contributed by atoms with Gasteiger partial charge < -0.3 is 9.88 Å². The number of carbonyl (C=O) groups is 1. The third-order valence-electron chi connectivity index (χ3n) is 4.89. The summed E-state index contributed by atoms with van der Waals surface area (Å²) in [6, 6.07) is 7.60. The van der Waals surface area contributed by atoms with Gasteiger partial charge in [-0.2, -0.15) is 5.26 Å². The molecule has 1 saturated carbocycles. The Labute approximate surface area is 157 Å². The molecule has 0 bridgehead atoms. The number of aromatic nitrogens is 1. The molecule has 8 heteroatoms. The fraction of sp³-hybridized carbons (Fsp3) is 0.368. The van der Waals surface area contributed by atoms with Crippen LogP contribution in [0.25, 0.3) is 0 Å². The second kappa shape index (κ2) is 6.82. The Morgan fingerprint density at radius 1 is 1.37 bits per heavy atom. The lowest BCUT2D eigenvalue weighted by atomic mass is 10.1. The number of benzene rings is 1. The van der Waals surface area contributed by atoms with Crippen molar-refractivity contribution < 1.29 is 17.6 Å². The number of aryl methyl sites for hydroxylation is 2. The molecule has 0 aliphatic heterocycles. The molecule has 1 aromatic heterocycles. The molecular weight excluding hydrogens is 369 g/mol. The first-order valence-corrected chi connectivity index (χ1v) is 10.1. The van der Waals surface area contributed by atoms with Crippen LogP contribution in [-0.2, 0) is 16.9 Å². The van der Waals surface area contributed by atoms with Gasteiger partial charge in [-0.05, 0) is 55.0 Å². The molecule has 0 atom stereocenters. The molecule has 27 heavy (non-hydrogen) atoms. The van der Waals surface area contributed by atoms with Crippen molar-refractivity contribution in [3.63, 3.8) is 0 Å². The van der Waals surface area contributed by atoms with Crippen molar-refractivity contribution >= 4 is 21.4 Å². The van der Waals surface area contributed by atoms with E-state index >= 15 is 0 Å². The highest BCUT2D eigenvalue weighted by molar-refractivity contribution is 7.91. The SMILES string of the molecule is Cc1cc(NC(=O)c2cc(S(=O)(=O)CC3(CC#N)CC3)cn2C)ccc1F. The third kappa shape index (κ3) is 4.03. The van der Waals surface area contributed by atoms with Crippen LogP contribution >= 0.6 is 0 Å². The van der Waals surface area contributed by atoms with Crippen molar-refractivity contribution in [1.29, 1.82) is 5.26 Å². The predicted octanol–water partition coefficient (Wildman–Crippen LogP) is 3.19. The van der Waals surface area contributed by atoms with Gasteiger partial charge in [0.1, 0.15) is 11.5 Å². The Morgan fingerprint density at radius 3 is 2.67 bits per heavy atom. The summed E-state index contributed by atoms with van der Waals surface area (Å²) in [7, 11) is -2.01. The van der Waals surface area contributed by atoms with E-state index in [0.717, 1.165) is 12.8 Å². The minimum absolute atomic E-state index is 0.0645. The smallest absolute Gasteiger partial charge is 0.272 e. The van der Waals surface area contributed by atoms with E-state index in [1.165, 1.54) is 35.0 Å². The molecule has 0 saturated heterocycles. The molecule has 142 valence electrons. The Balaban J connectivity index is 1.80. The maximum absolute atomic E-state index is 13.3. The van der Waals surface area contributed by atoms with Crippen LogP contribution in [0.1, 0.15) is 35.3 Å². The molecule has 3 rings (SSSR count). The van der Waals surface area contributed by atoms with Gasteiger partial charge in [-0.1, -0.05) is 0 Å². The number of rotatable bonds is 6. The van der Waals surface area contributed by atoms with Crippen LogP contribution in [0, 0.1) is 29.5 Å². The topological polar surface area (TPSA) is 92.0 Å². The number of hydrogen-bond acceptors (Lipinski definition) is 4. The molecule has 1 heterocycles. The number of nitrogens with one attached hydrogen (secondary N) is 1. The monoisotopic (exact) mass is 389 g/mol. The first kappa shape index (κ1) is 19.1. The van der Waals surface area contributed by atoms with Gasteiger partial charge in [0.15, 0.2) is 9.84 Å². The quantitative estimate of drug-likeness (QED) is 0.821. The van der Waals surface area contributed by atoms with Crippen molar-refractivity contribution in [2.75, 3.05) is 11.1 Å². The van der Waals surface area contributed by atoms with Gasteiger partial charge in [-0.15, -0.1) is 0 Å². The third-order valence-corrected chi connectivity index (χ3v) is 6.83. The number of sulfone groups is 1. The van der Waals surface area contributed by atoms with Crippen molar-refractivity contribution in [2.24, 2.45) is 12.5 Å². The lowest BCUT2D eigenvalue weighted by Crippen LogP contribution is -2.17. The highest BCUT2D eigenvalue weighted by Gasteiger charge is 2.46. The van der Waals surface area contributed by atoms with Crippen LogP contribution in [-0.4, -0.2) is 24.6 Å². The normalized spacial score (nSPS) is 15.2. The summed E-state index contributed by atoms with van der Waals surface area (Å²) in [4.78, 5) is 12.6. The van der Waals surface area contributed by atoms with Crippen molar-refractivity contribution in [3.8, 4) is 6.07 Å². The van der Waals surface area contributed by atoms with Crippen LogP contribution in [0.4, 0.5) is 10.1 Å². The molecule has 1 aliphatic rings. The summed E-state index contributed by atoms with van der Waals surface area (Å²) in [6.07, 6.45) is 3.08. The van der Waals surface area contributed by atoms with Crippen molar-refractivity contribution in [1.82, 2.24) is 4.57 Å². The van der Waals surface area contributed by atoms with Crippen LogP contribution in [0.2, 0.25) is 0 Å². The molecule has 0 radical (unpaired) electrons. The van der Waals surface area contributed by atoms with Crippen LogP contribution in [0.5, 0.6) is 0 Å². The summed E-state index contributed by atoms with van der Waals surface area (Å²) in [6.45, 7) is 1.59. The number of nitriles is 1. The van der Waals surface area contributed by atoms with Crippen LogP contribution in [0.3, 0.4) is 0 Å². The van der Waals surface area contributed by atoms with E-state index in [-0.39, 0.29) is 28.6 Å². The molecule has 1 amide bonds. The lowest BCUT2D eigenvalue weighted by Gasteiger charge is -2.10. The summed E-state index contributed by atoms with van der Waals surface area (Å²) < 4.78 is 40.2. The fourth-order valence-electron chi connectivity index (χ4n) is 3.05. The standard InChI is InChI=1S/C19H20FN3O3S/c1-13-9-14(3-4-16(13)20)22-18(24)17-10-15(11-23(17)2)27(25,26)12-19(5-6-19)7-8-21/h3-4,9-11H,5-7,12H2,1-2H3,(H,22,24). The van der Waals surface area contributed by atoms with E-state index in [9.17, 15) is 17.6 Å². The van der Waals surface area contributed by atoms with E-state index in [0.29, 0.717) is 11.3 Å². The second-order valence-corrected chi connectivity index (χ2v) is 9.17. The number of carbonyl (C=O) groups excluding carboxylic acids is 1. The first-order chi connectivity index (χ1) is 12.7. The number of halogens is 1. The predicted molar refractivity (Wildman–Crippen MR) is 98.5 cm³/mol. The van der Waals surface area contributed by atoms with E-state index in [1.54, 1.807) is 14.0 Å². The van der Waals surface area contributed by atoms with Gasteiger partial charge in [0.2, 0.25) is 0 Å². The molecule has 6 nitrogen and oxygen atoms in total. The molecular formula is C19H20FN3O3S.